The Bertz CT molecular complexity index is 472. The average molecular weight is 351 g/mol. The molecule has 0 aliphatic carbocycles. The van der Waals surface area contributed by atoms with Gasteiger partial charge in [0, 0.05) is 7.11 Å². The molecular weight excluding hydrogens is 343 g/mol. The first-order valence-corrected chi connectivity index (χ1v) is 5.61. The molecule has 0 saturated carbocycles. The van der Waals surface area contributed by atoms with Gasteiger partial charge >= 0.3 is 12.1 Å². The zero-order valence-electron chi connectivity index (χ0n) is 9.47. The van der Waals surface area contributed by atoms with Crippen LogP contribution in [0.25, 0.3) is 0 Å². The molecule has 0 bridgehead atoms. The van der Waals surface area contributed by atoms with Gasteiger partial charge in [-0.3, -0.25) is 9.48 Å². The summed E-state index contributed by atoms with van der Waals surface area (Å²) in [5.41, 5.74) is -0.848. The first-order chi connectivity index (χ1) is 8.63. The summed E-state index contributed by atoms with van der Waals surface area (Å²) in [6, 6.07) is 0. The van der Waals surface area contributed by atoms with E-state index < -0.39 is 23.6 Å². The van der Waals surface area contributed by atoms with Crippen molar-refractivity contribution in [1.29, 1.82) is 0 Å². The lowest BCUT2D eigenvalue weighted by Crippen LogP contribution is -2.45. The molecule has 0 aliphatic rings. The molecule has 10 heteroatoms. The standard InChI is InChI=1S/C9H8BrF5N2O2/c1-19-3-2-17-6(5(10)4-16-17)7(18)8(11,12)9(13,14)15/h4H,2-3H2,1H3. The van der Waals surface area contributed by atoms with E-state index >= 15 is 0 Å². The van der Waals surface area contributed by atoms with Crippen molar-refractivity contribution in [2.24, 2.45) is 0 Å². The summed E-state index contributed by atoms with van der Waals surface area (Å²) >= 11 is 2.72. The van der Waals surface area contributed by atoms with Crippen molar-refractivity contribution in [2.75, 3.05) is 13.7 Å². The second-order valence-corrected chi connectivity index (χ2v) is 4.31. The van der Waals surface area contributed by atoms with Crippen molar-refractivity contribution < 1.29 is 31.5 Å². The van der Waals surface area contributed by atoms with E-state index in [4.69, 9.17) is 0 Å². The molecule has 0 fully saturated rings. The van der Waals surface area contributed by atoms with Crippen LogP contribution < -0.4 is 0 Å². The fourth-order valence-electron chi connectivity index (χ4n) is 1.21. The molecule has 1 aromatic heterocycles. The monoisotopic (exact) mass is 350 g/mol. The van der Waals surface area contributed by atoms with Crippen LogP contribution in [0.3, 0.4) is 0 Å². The van der Waals surface area contributed by atoms with Gasteiger partial charge in [-0.1, -0.05) is 0 Å². The number of Topliss-reactive ketones (excluding diaryl/α,β-unsaturated/α-hetero) is 1. The van der Waals surface area contributed by atoms with Crippen LogP contribution in [0.15, 0.2) is 10.7 Å². The largest absolute Gasteiger partial charge is 0.461 e. The Balaban J connectivity index is 3.16. The summed E-state index contributed by atoms with van der Waals surface area (Å²) in [6.07, 6.45) is -4.99. The maximum atomic E-state index is 13.0. The minimum absolute atomic E-state index is 0.00594. The topological polar surface area (TPSA) is 44.1 Å². The number of ether oxygens (including phenoxy) is 1. The Morgan fingerprint density at radius 2 is 2.00 bits per heavy atom. The number of methoxy groups -OCH3 is 1. The van der Waals surface area contributed by atoms with Crippen LogP contribution in [0.1, 0.15) is 10.5 Å². The Morgan fingerprint density at radius 3 is 2.47 bits per heavy atom. The van der Waals surface area contributed by atoms with E-state index in [0.717, 1.165) is 10.9 Å². The lowest BCUT2D eigenvalue weighted by Gasteiger charge is -2.18. The highest BCUT2D eigenvalue weighted by atomic mass is 79.9. The fourth-order valence-corrected chi connectivity index (χ4v) is 1.69. The minimum Gasteiger partial charge on any atom is -0.383 e. The second-order valence-electron chi connectivity index (χ2n) is 3.46. The molecule has 0 spiro atoms. The summed E-state index contributed by atoms with van der Waals surface area (Å²) in [4.78, 5) is 11.4. The molecule has 0 aliphatic heterocycles. The first-order valence-electron chi connectivity index (χ1n) is 4.82. The highest BCUT2D eigenvalue weighted by molar-refractivity contribution is 9.10. The van der Waals surface area contributed by atoms with Gasteiger partial charge in [0.05, 0.1) is 23.8 Å². The number of carbonyl (C=O) groups excluding carboxylic acids is 1. The maximum absolute atomic E-state index is 13.0. The van der Waals surface area contributed by atoms with Crippen molar-refractivity contribution in [1.82, 2.24) is 9.78 Å². The van der Waals surface area contributed by atoms with Crippen molar-refractivity contribution in [3.63, 3.8) is 0 Å². The summed E-state index contributed by atoms with van der Waals surface area (Å²) in [7, 11) is 1.31. The van der Waals surface area contributed by atoms with Crippen LogP contribution in [0.5, 0.6) is 0 Å². The van der Waals surface area contributed by atoms with Gasteiger partial charge in [-0.15, -0.1) is 0 Å². The minimum atomic E-state index is -5.96. The molecule has 0 amide bonds. The predicted molar refractivity (Wildman–Crippen MR) is 57.1 cm³/mol. The molecule has 0 saturated heterocycles. The molecule has 0 N–H and O–H groups in total. The third kappa shape index (κ3) is 3.11. The second kappa shape index (κ2) is 5.53. The molecule has 0 unspecified atom stereocenters. The van der Waals surface area contributed by atoms with Gasteiger partial charge in [-0.2, -0.15) is 27.1 Å². The summed E-state index contributed by atoms with van der Waals surface area (Å²) < 4.78 is 67.6. The van der Waals surface area contributed by atoms with Crippen LogP contribution in [-0.4, -0.2) is 41.4 Å². The van der Waals surface area contributed by atoms with Gasteiger partial charge in [0.25, 0.3) is 5.78 Å². The third-order valence-corrected chi connectivity index (χ3v) is 2.74. The van der Waals surface area contributed by atoms with Gasteiger partial charge in [0.2, 0.25) is 0 Å². The first kappa shape index (κ1) is 16.0. The number of ketones is 1. The number of rotatable bonds is 5. The Morgan fingerprint density at radius 1 is 1.42 bits per heavy atom. The number of carbonyl (C=O) groups is 1. The van der Waals surface area contributed by atoms with Crippen LogP contribution in [0.4, 0.5) is 22.0 Å². The van der Waals surface area contributed by atoms with Gasteiger partial charge in [0.15, 0.2) is 0 Å². The lowest BCUT2D eigenvalue weighted by molar-refractivity contribution is -0.256. The van der Waals surface area contributed by atoms with Crippen LogP contribution >= 0.6 is 15.9 Å². The highest BCUT2D eigenvalue weighted by Crippen LogP contribution is 2.39. The van der Waals surface area contributed by atoms with E-state index in [1.165, 1.54) is 7.11 Å². The highest BCUT2D eigenvalue weighted by Gasteiger charge is 2.64. The van der Waals surface area contributed by atoms with Crippen molar-refractivity contribution in [2.45, 2.75) is 18.6 Å². The normalized spacial score (nSPS) is 12.8. The number of halogens is 6. The SMILES string of the molecule is COCCn1ncc(Br)c1C(=O)C(F)(F)C(F)(F)F. The summed E-state index contributed by atoms with van der Waals surface area (Å²) in [6.45, 7) is -0.122. The number of hydrogen-bond acceptors (Lipinski definition) is 3. The Labute approximate surface area is 112 Å². The van der Waals surface area contributed by atoms with Crippen LogP contribution in [0.2, 0.25) is 0 Å². The van der Waals surface area contributed by atoms with E-state index in [1.807, 2.05) is 0 Å². The Kier molecular flexibility index (Phi) is 4.67. The van der Waals surface area contributed by atoms with E-state index in [-0.39, 0.29) is 17.6 Å². The van der Waals surface area contributed by atoms with E-state index in [9.17, 15) is 26.7 Å². The van der Waals surface area contributed by atoms with Gasteiger partial charge in [-0.05, 0) is 15.9 Å². The Hall–Kier alpha value is -1.03. The van der Waals surface area contributed by atoms with E-state index in [1.54, 1.807) is 0 Å². The number of hydrogen-bond donors (Lipinski definition) is 0. The number of aromatic nitrogens is 2. The molecule has 0 radical (unpaired) electrons. The molecule has 0 aromatic carbocycles. The van der Waals surface area contributed by atoms with Gasteiger partial charge in [0.1, 0.15) is 5.69 Å². The quantitative estimate of drug-likeness (QED) is 0.605. The van der Waals surface area contributed by atoms with Gasteiger partial charge in [-0.25, -0.2) is 0 Å². The smallest absolute Gasteiger partial charge is 0.383 e. The fraction of sp³-hybridized carbons (Fsp3) is 0.556. The van der Waals surface area contributed by atoms with Gasteiger partial charge < -0.3 is 4.74 Å². The van der Waals surface area contributed by atoms with Crippen molar-refractivity contribution >= 4 is 21.7 Å². The van der Waals surface area contributed by atoms with E-state index in [2.05, 4.69) is 25.8 Å². The van der Waals surface area contributed by atoms with Crippen LogP contribution in [0, 0.1) is 0 Å². The number of alkyl halides is 5. The molecule has 1 aromatic rings. The lowest BCUT2D eigenvalue weighted by atomic mass is 10.1. The van der Waals surface area contributed by atoms with Crippen molar-refractivity contribution in [3.8, 4) is 0 Å². The van der Waals surface area contributed by atoms with Crippen LogP contribution in [-0.2, 0) is 11.3 Å². The molecule has 0 atom stereocenters. The van der Waals surface area contributed by atoms with Crippen molar-refractivity contribution in [3.05, 3.63) is 16.4 Å². The molecule has 19 heavy (non-hydrogen) atoms. The molecule has 1 rings (SSSR count). The number of nitrogens with zero attached hydrogens (tertiary/aromatic N) is 2. The predicted octanol–water partition coefficient (Wildman–Crippen LogP) is 2.67. The summed E-state index contributed by atoms with van der Waals surface area (Å²) in [5.74, 6) is -7.83. The zero-order chi connectivity index (χ0) is 14.8. The van der Waals surface area contributed by atoms with E-state index in [0.29, 0.717) is 0 Å². The summed E-state index contributed by atoms with van der Waals surface area (Å²) in [5, 5.41) is 3.54. The third-order valence-electron chi connectivity index (χ3n) is 2.16. The molecular formula is C9H8BrF5N2O2. The molecule has 4 nitrogen and oxygen atoms in total. The molecule has 108 valence electrons. The maximum Gasteiger partial charge on any atom is 0.461 e. The zero-order valence-corrected chi connectivity index (χ0v) is 11.1. The average Bonchev–Trinajstić information content (AvgIpc) is 2.65. The molecule has 1 heterocycles.